The third kappa shape index (κ3) is 4.94. The molecule has 0 spiro atoms. The van der Waals surface area contributed by atoms with Crippen LogP contribution < -0.4 is 15.4 Å². The van der Waals surface area contributed by atoms with Crippen LogP contribution in [0.5, 0.6) is 5.75 Å². The predicted molar refractivity (Wildman–Crippen MR) is 110 cm³/mol. The van der Waals surface area contributed by atoms with E-state index in [0.29, 0.717) is 23.5 Å². The maximum absolute atomic E-state index is 12.3. The van der Waals surface area contributed by atoms with Gasteiger partial charge in [0.25, 0.3) is 5.91 Å². The van der Waals surface area contributed by atoms with Crippen molar-refractivity contribution in [2.75, 3.05) is 13.2 Å². The number of hydrogen-bond acceptors (Lipinski definition) is 5. The number of benzene rings is 1. The Labute approximate surface area is 176 Å². The second-order valence-electron chi connectivity index (χ2n) is 9.22. The number of nitrogens with one attached hydrogen (secondary N) is 2. The van der Waals surface area contributed by atoms with Crippen molar-refractivity contribution in [3.05, 3.63) is 29.8 Å². The topological polar surface area (TPSA) is 93.7 Å². The highest BCUT2D eigenvalue weighted by Crippen LogP contribution is 2.55. The summed E-state index contributed by atoms with van der Waals surface area (Å²) in [5.74, 6) is 1.66. The molecule has 0 radical (unpaired) electrons. The monoisotopic (exact) mass is 414 g/mol. The van der Waals surface area contributed by atoms with Crippen molar-refractivity contribution in [1.29, 1.82) is 0 Å². The zero-order valence-electron chi connectivity index (χ0n) is 17.4. The number of amides is 3. The maximum Gasteiger partial charge on any atom is 0.321 e. The number of hydrogen-bond donors (Lipinski definition) is 2. The Balaban J connectivity index is 1.15. The lowest BCUT2D eigenvalue weighted by atomic mass is 9.53. The summed E-state index contributed by atoms with van der Waals surface area (Å²) in [7, 11) is 0. The summed E-state index contributed by atoms with van der Waals surface area (Å²) in [6.07, 6.45) is 6.91. The van der Waals surface area contributed by atoms with Gasteiger partial charge in [-0.05, 0) is 74.8 Å². The average molecular weight is 415 g/mol. The van der Waals surface area contributed by atoms with Crippen LogP contribution in [0.3, 0.4) is 0 Å². The minimum Gasteiger partial charge on any atom is -0.493 e. The quantitative estimate of drug-likeness (QED) is 0.669. The fourth-order valence-corrected chi connectivity index (χ4v) is 5.88. The Kier molecular flexibility index (Phi) is 5.97. The van der Waals surface area contributed by atoms with E-state index >= 15 is 0 Å². The lowest BCUT2D eigenvalue weighted by Gasteiger charge is -2.56. The summed E-state index contributed by atoms with van der Waals surface area (Å²) in [6, 6.07) is 7.04. The second kappa shape index (κ2) is 8.66. The number of carbonyl (C=O) groups excluding carboxylic acids is 3. The number of para-hydroxylation sites is 1. The summed E-state index contributed by atoms with van der Waals surface area (Å²) in [4.78, 5) is 36.2. The first kappa shape index (κ1) is 20.7. The number of rotatable bonds is 7. The molecule has 7 nitrogen and oxygen atoms in total. The van der Waals surface area contributed by atoms with Gasteiger partial charge in [0, 0.05) is 5.54 Å². The summed E-state index contributed by atoms with van der Waals surface area (Å²) in [6.45, 7) is 1.61. The Morgan fingerprint density at radius 3 is 2.30 bits per heavy atom. The minimum absolute atomic E-state index is 0.0289. The molecule has 4 aliphatic carbocycles. The largest absolute Gasteiger partial charge is 0.493 e. The van der Waals surface area contributed by atoms with Crippen LogP contribution in [-0.4, -0.2) is 36.7 Å². The van der Waals surface area contributed by atoms with Crippen LogP contribution in [-0.2, 0) is 14.3 Å². The first-order valence-electron chi connectivity index (χ1n) is 10.9. The van der Waals surface area contributed by atoms with Gasteiger partial charge in [0.05, 0.1) is 13.0 Å². The standard InChI is InChI=1S/C23H30N2O5/c1-15-4-2-3-5-19(15)29-7-6-21(27)30-14-20(26)24-22(28)25-23-11-16-8-17(12-23)10-18(9-16)13-23/h2-5,16-18H,6-14H2,1H3,(H2,24,25,26,28). The normalized spacial score (nSPS) is 28.6. The van der Waals surface area contributed by atoms with Crippen molar-refractivity contribution in [3.63, 3.8) is 0 Å². The van der Waals surface area contributed by atoms with E-state index in [0.717, 1.165) is 24.8 Å². The molecule has 162 valence electrons. The number of ether oxygens (including phenoxy) is 2. The highest BCUT2D eigenvalue weighted by molar-refractivity contribution is 5.95. The van der Waals surface area contributed by atoms with Gasteiger partial charge in [-0.2, -0.15) is 0 Å². The van der Waals surface area contributed by atoms with Gasteiger partial charge in [-0.3, -0.25) is 14.9 Å². The number of aryl methyl sites for hydroxylation is 1. The Morgan fingerprint density at radius 2 is 1.67 bits per heavy atom. The molecule has 4 saturated carbocycles. The molecular weight excluding hydrogens is 384 g/mol. The molecule has 0 aromatic heterocycles. The maximum atomic E-state index is 12.3. The SMILES string of the molecule is Cc1ccccc1OCCC(=O)OCC(=O)NC(=O)NC12CC3CC(CC(C3)C1)C2. The summed E-state index contributed by atoms with van der Waals surface area (Å²) < 4.78 is 10.5. The van der Waals surface area contributed by atoms with Gasteiger partial charge in [0.1, 0.15) is 5.75 Å². The number of urea groups is 1. The first-order valence-corrected chi connectivity index (χ1v) is 10.9. The smallest absolute Gasteiger partial charge is 0.321 e. The van der Waals surface area contributed by atoms with E-state index in [1.165, 1.54) is 19.3 Å². The minimum atomic E-state index is -0.620. The molecule has 1 aromatic rings. The van der Waals surface area contributed by atoms with E-state index in [1.807, 2.05) is 31.2 Å². The average Bonchev–Trinajstić information content (AvgIpc) is 2.66. The van der Waals surface area contributed by atoms with Gasteiger partial charge < -0.3 is 14.8 Å². The van der Waals surface area contributed by atoms with Crippen molar-refractivity contribution in [1.82, 2.24) is 10.6 Å². The Hall–Kier alpha value is -2.57. The molecule has 1 aromatic carbocycles. The lowest BCUT2D eigenvalue weighted by molar-refractivity contribution is -0.148. The van der Waals surface area contributed by atoms with E-state index in [-0.39, 0.29) is 18.6 Å². The van der Waals surface area contributed by atoms with E-state index in [4.69, 9.17) is 9.47 Å². The molecule has 0 unspecified atom stereocenters. The molecule has 4 fully saturated rings. The van der Waals surface area contributed by atoms with Crippen molar-refractivity contribution in [3.8, 4) is 5.75 Å². The van der Waals surface area contributed by atoms with Gasteiger partial charge in [0.2, 0.25) is 0 Å². The van der Waals surface area contributed by atoms with Gasteiger partial charge in [-0.1, -0.05) is 18.2 Å². The highest BCUT2D eigenvalue weighted by atomic mass is 16.5. The summed E-state index contributed by atoms with van der Waals surface area (Å²) in [5, 5.41) is 5.37. The van der Waals surface area contributed by atoms with E-state index in [9.17, 15) is 14.4 Å². The molecule has 7 heteroatoms. The molecule has 3 amide bonds. The molecule has 0 saturated heterocycles. The first-order chi connectivity index (χ1) is 14.4. The fourth-order valence-electron chi connectivity index (χ4n) is 5.88. The third-order valence-corrected chi connectivity index (χ3v) is 6.69. The molecule has 0 heterocycles. The third-order valence-electron chi connectivity index (χ3n) is 6.69. The Bertz CT molecular complexity index is 786. The van der Waals surface area contributed by atoms with Crippen molar-refractivity contribution in [2.45, 2.75) is 57.4 Å². The molecule has 30 heavy (non-hydrogen) atoms. The Morgan fingerprint density at radius 1 is 1.03 bits per heavy atom. The molecule has 5 rings (SSSR count). The molecule has 2 N–H and O–H groups in total. The van der Waals surface area contributed by atoms with Crippen LogP contribution >= 0.6 is 0 Å². The van der Waals surface area contributed by atoms with E-state index in [1.54, 1.807) is 0 Å². The number of imide groups is 1. The second-order valence-corrected chi connectivity index (χ2v) is 9.22. The van der Waals surface area contributed by atoms with Crippen LogP contribution in [0.15, 0.2) is 24.3 Å². The summed E-state index contributed by atoms with van der Waals surface area (Å²) >= 11 is 0. The van der Waals surface area contributed by atoms with E-state index < -0.39 is 24.5 Å². The molecule has 4 bridgehead atoms. The predicted octanol–water partition coefficient (Wildman–Crippen LogP) is 3.10. The molecular formula is C23H30N2O5. The number of esters is 1. The van der Waals surface area contributed by atoms with Crippen molar-refractivity contribution in [2.24, 2.45) is 17.8 Å². The van der Waals surface area contributed by atoms with Crippen LogP contribution in [0.1, 0.15) is 50.5 Å². The lowest BCUT2D eigenvalue weighted by Crippen LogP contribution is -2.62. The van der Waals surface area contributed by atoms with Gasteiger partial charge >= 0.3 is 12.0 Å². The van der Waals surface area contributed by atoms with E-state index in [2.05, 4.69) is 10.6 Å². The van der Waals surface area contributed by atoms with Gasteiger partial charge in [-0.15, -0.1) is 0 Å². The van der Waals surface area contributed by atoms with Crippen LogP contribution in [0, 0.1) is 24.7 Å². The van der Waals surface area contributed by atoms with Gasteiger partial charge in [0.15, 0.2) is 6.61 Å². The number of carbonyl (C=O) groups is 3. The zero-order valence-corrected chi connectivity index (χ0v) is 17.4. The fraction of sp³-hybridized carbons (Fsp3) is 0.609. The zero-order chi connectivity index (χ0) is 21.1. The molecule has 0 aliphatic heterocycles. The summed E-state index contributed by atoms with van der Waals surface area (Å²) in [5.41, 5.74) is 0.818. The molecule has 0 atom stereocenters. The molecule has 4 aliphatic rings. The van der Waals surface area contributed by atoms with Crippen LogP contribution in [0.2, 0.25) is 0 Å². The van der Waals surface area contributed by atoms with Crippen LogP contribution in [0.4, 0.5) is 4.79 Å². The highest BCUT2D eigenvalue weighted by Gasteiger charge is 2.51. The van der Waals surface area contributed by atoms with Crippen molar-refractivity contribution >= 4 is 17.9 Å². The van der Waals surface area contributed by atoms with Gasteiger partial charge in [-0.25, -0.2) is 4.79 Å². The van der Waals surface area contributed by atoms with Crippen LogP contribution in [0.25, 0.3) is 0 Å². The van der Waals surface area contributed by atoms with Crippen molar-refractivity contribution < 1.29 is 23.9 Å².